The van der Waals surface area contributed by atoms with Crippen LogP contribution in [-0.2, 0) is 0 Å². The molecule has 1 heterocycles. The molecule has 0 fully saturated rings. The van der Waals surface area contributed by atoms with Crippen molar-refractivity contribution in [3.8, 4) is 5.75 Å². The topological polar surface area (TPSA) is 47.0 Å². The Morgan fingerprint density at radius 2 is 1.94 bits per heavy atom. The van der Waals surface area contributed by atoms with Crippen LogP contribution in [0, 0.1) is 10.5 Å². The van der Waals surface area contributed by atoms with E-state index in [-0.39, 0.29) is 0 Å². The molecule has 0 spiro atoms. The van der Waals surface area contributed by atoms with Gasteiger partial charge < -0.3 is 10.1 Å². The molecule has 4 nitrogen and oxygen atoms in total. The number of aromatic nitrogens is 2. The number of hydrogen-bond acceptors (Lipinski definition) is 4. The molecule has 0 atom stereocenters. The standard InChI is InChI=1S/C12H12IN3O/c1-8-5-10(17-2)3-4-11(8)16-12-14-6-9(13)7-15-12/h3-7H,1-2H3,(H,14,15,16). The third-order valence-corrected chi connectivity index (χ3v) is 2.86. The number of ether oxygens (including phenoxy) is 1. The van der Waals surface area contributed by atoms with Gasteiger partial charge >= 0.3 is 0 Å². The predicted molar refractivity (Wildman–Crippen MR) is 75.8 cm³/mol. The average molecular weight is 341 g/mol. The van der Waals surface area contributed by atoms with Crippen molar-refractivity contribution >= 4 is 34.2 Å². The number of benzene rings is 1. The van der Waals surface area contributed by atoms with E-state index >= 15 is 0 Å². The van der Waals surface area contributed by atoms with E-state index in [0.29, 0.717) is 5.95 Å². The smallest absolute Gasteiger partial charge is 0.227 e. The van der Waals surface area contributed by atoms with E-state index in [9.17, 15) is 0 Å². The van der Waals surface area contributed by atoms with Gasteiger partial charge in [-0.2, -0.15) is 0 Å². The summed E-state index contributed by atoms with van der Waals surface area (Å²) in [5.74, 6) is 1.44. The molecule has 0 amide bonds. The second-order valence-corrected chi connectivity index (χ2v) is 4.78. The summed E-state index contributed by atoms with van der Waals surface area (Å²) in [7, 11) is 1.66. The molecule has 1 N–H and O–H groups in total. The second-order valence-electron chi connectivity index (χ2n) is 3.53. The summed E-state index contributed by atoms with van der Waals surface area (Å²) >= 11 is 2.17. The summed E-state index contributed by atoms with van der Waals surface area (Å²) in [5, 5.41) is 3.17. The predicted octanol–water partition coefficient (Wildman–Crippen LogP) is 3.14. The zero-order valence-corrected chi connectivity index (χ0v) is 11.7. The fourth-order valence-electron chi connectivity index (χ4n) is 1.40. The van der Waals surface area contributed by atoms with Crippen LogP contribution in [0.3, 0.4) is 0 Å². The van der Waals surface area contributed by atoms with Crippen molar-refractivity contribution in [2.45, 2.75) is 6.92 Å². The monoisotopic (exact) mass is 341 g/mol. The van der Waals surface area contributed by atoms with Gasteiger partial charge in [0.2, 0.25) is 5.95 Å². The lowest BCUT2D eigenvalue weighted by molar-refractivity contribution is 0.414. The Kier molecular flexibility index (Phi) is 3.78. The molecular formula is C12H12IN3O. The molecule has 0 radical (unpaired) electrons. The number of nitrogens with one attached hydrogen (secondary N) is 1. The second kappa shape index (κ2) is 5.31. The van der Waals surface area contributed by atoms with E-state index in [4.69, 9.17) is 4.74 Å². The molecule has 88 valence electrons. The van der Waals surface area contributed by atoms with Gasteiger partial charge in [-0.1, -0.05) is 0 Å². The van der Waals surface area contributed by atoms with Gasteiger partial charge in [-0.15, -0.1) is 0 Å². The highest BCUT2D eigenvalue weighted by Gasteiger charge is 2.02. The maximum absolute atomic E-state index is 5.16. The maximum atomic E-state index is 5.16. The number of methoxy groups -OCH3 is 1. The molecule has 2 aromatic rings. The fraction of sp³-hybridized carbons (Fsp3) is 0.167. The van der Waals surface area contributed by atoms with Crippen LogP contribution in [0.25, 0.3) is 0 Å². The molecule has 0 saturated carbocycles. The van der Waals surface area contributed by atoms with Crippen LogP contribution in [0.1, 0.15) is 5.56 Å². The zero-order chi connectivity index (χ0) is 12.3. The number of anilines is 2. The highest BCUT2D eigenvalue weighted by atomic mass is 127. The number of rotatable bonds is 3. The minimum absolute atomic E-state index is 0.596. The highest BCUT2D eigenvalue weighted by Crippen LogP contribution is 2.23. The summed E-state index contributed by atoms with van der Waals surface area (Å²) < 4.78 is 6.17. The first-order chi connectivity index (χ1) is 8.19. The molecule has 0 unspecified atom stereocenters. The Bertz CT molecular complexity index is 514. The van der Waals surface area contributed by atoms with Gasteiger partial charge in [0, 0.05) is 21.7 Å². The van der Waals surface area contributed by atoms with Crippen LogP contribution >= 0.6 is 22.6 Å². The molecular weight excluding hydrogens is 329 g/mol. The van der Waals surface area contributed by atoms with Crippen molar-refractivity contribution in [2.24, 2.45) is 0 Å². The van der Waals surface area contributed by atoms with Gasteiger partial charge in [0.25, 0.3) is 0 Å². The van der Waals surface area contributed by atoms with Gasteiger partial charge in [0.1, 0.15) is 5.75 Å². The van der Waals surface area contributed by atoms with E-state index in [1.807, 2.05) is 25.1 Å². The van der Waals surface area contributed by atoms with Crippen molar-refractivity contribution in [2.75, 3.05) is 12.4 Å². The van der Waals surface area contributed by atoms with Gasteiger partial charge in [-0.3, -0.25) is 0 Å². The fourth-order valence-corrected chi connectivity index (χ4v) is 1.68. The van der Waals surface area contributed by atoms with Crippen LogP contribution in [0.2, 0.25) is 0 Å². The molecule has 0 aliphatic heterocycles. The molecule has 0 aliphatic rings. The molecule has 1 aromatic heterocycles. The number of hydrogen-bond donors (Lipinski definition) is 1. The first-order valence-corrected chi connectivity index (χ1v) is 6.16. The van der Waals surface area contributed by atoms with Crippen LogP contribution in [-0.4, -0.2) is 17.1 Å². The minimum Gasteiger partial charge on any atom is -0.497 e. The lowest BCUT2D eigenvalue weighted by atomic mass is 10.2. The number of nitrogens with zero attached hydrogens (tertiary/aromatic N) is 2. The van der Waals surface area contributed by atoms with E-state index in [0.717, 1.165) is 20.6 Å². The Hall–Kier alpha value is -1.37. The third-order valence-electron chi connectivity index (χ3n) is 2.30. The maximum Gasteiger partial charge on any atom is 0.227 e. The SMILES string of the molecule is COc1ccc(Nc2ncc(I)cn2)c(C)c1. The summed E-state index contributed by atoms with van der Waals surface area (Å²) in [6, 6.07) is 5.83. The van der Waals surface area contributed by atoms with E-state index in [2.05, 4.69) is 37.9 Å². The van der Waals surface area contributed by atoms with Crippen molar-refractivity contribution in [3.63, 3.8) is 0 Å². The Morgan fingerprint density at radius 1 is 1.24 bits per heavy atom. The van der Waals surface area contributed by atoms with E-state index in [1.54, 1.807) is 19.5 Å². The van der Waals surface area contributed by atoms with Gasteiger partial charge in [0.05, 0.1) is 7.11 Å². The molecule has 17 heavy (non-hydrogen) atoms. The highest BCUT2D eigenvalue weighted by molar-refractivity contribution is 14.1. The summed E-state index contributed by atoms with van der Waals surface area (Å²) in [6.45, 7) is 2.01. The quantitative estimate of drug-likeness (QED) is 0.872. The number of aryl methyl sites for hydroxylation is 1. The van der Waals surface area contributed by atoms with Crippen LogP contribution < -0.4 is 10.1 Å². The molecule has 2 rings (SSSR count). The molecule has 0 bridgehead atoms. The average Bonchev–Trinajstić information content (AvgIpc) is 2.34. The molecule has 0 aliphatic carbocycles. The van der Waals surface area contributed by atoms with Gasteiger partial charge in [0.15, 0.2) is 0 Å². The van der Waals surface area contributed by atoms with Crippen molar-refractivity contribution < 1.29 is 4.74 Å². The summed E-state index contributed by atoms with van der Waals surface area (Å²) in [4.78, 5) is 8.39. The molecule has 0 saturated heterocycles. The summed E-state index contributed by atoms with van der Waals surface area (Å²) in [6.07, 6.45) is 3.55. The normalized spacial score (nSPS) is 10.1. The zero-order valence-electron chi connectivity index (χ0n) is 9.57. The Labute approximate surface area is 114 Å². The van der Waals surface area contributed by atoms with Gasteiger partial charge in [-0.05, 0) is 53.3 Å². The van der Waals surface area contributed by atoms with Crippen LogP contribution in [0.5, 0.6) is 5.75 Å². The van der Waals surface area contributed by atoms with Crippen molar-refractivity contribution in [1.82, 2.24) is 9.97 Å². The lowest BCUT2D eigenvalue weighted by Crippen LogP contribution is -1.98. The minimum atomic E-state index is 0.596. The first kappa shape index (κ1) is 12.1. The Morgan fingerprint density at radius 3 is 2.53 bits per heavy atom. The summed E-state index contributed by atoms with van der Waals surface area (Å²) in [5.41, 5.74) is 2.07. The third kappa shape index (κ3) is 3.06. The van der Waals surface area contributed by atoms with Crippen molar-refractivity contribution in [1.29, 1.82) is 0 Å². The van der Waals surface area contributed by atoms with Gasteiger partial charge in [-0.25, -0.2) is 9.97 Å². The number of halogens is 1. The van der Waals surface area contributed by atoms with E-state index < -0.39 is 0 Å². The van der Waals surface area contributed by atoms with E-state index in [1.165, 1.54) is 0 Å². The molecule has 5 heteroatoms. The van der Waals surface area contributed by atoms with Crippen LogP contribution in [0.15, 0.2) is 30.6 Å². The molecule has 1 aromatic carbocycles. The van der Waals surface area contributed by atoms with Crippen molar-refractivity contribution in [3.05, 3.63) is 39.7 Å². The van der Waals surface area contributed by atoms with Crippen LogP contribution in [0.4, 0.5) is 11.6 Å². The lowest BCUT2D eigenvalue weighted by Gasteiger charge is -2.09. The Balaban J connectivity index is 2.21. The largest absolute Gasteiger partial charge is 0.497 e. The first-order valence-electron chi connectivity index (χ1n) is 5.08.